The molecule has 1 aliphatic carbocycles. The molecule has 0 bridgehead atoms. The van der Waals surface area contributed by atoms with E-state index in [1.54, 1.807) is 0 Å². The van der Waals surface area contributed by atoms with E-state index in [9.17, 15) is 18.4 Å². The quantitative estimate of drug-likeness (QED) is 0.896. The van der Waals surface area contributed by atoms with Crippen molar-refractivity contribution in [3.05, 3.63) is 29.8 Å². The molecule has 0 radical (unpaired) electrons. The maximum atomic E-state index is 13.5. The lowest BCUT2D eigenvalue weighted by atomic mass is 9.95. The van der Waals surface area contributed by atoms with E-state index in [1.165, 1.54) is 6.07 Å². The Morgan fingerprint density at radius 1 is 1.20 bits per heavy atom. The average Bonchev–Trinajstić information content (AvgIpc) is 2.76. The minimum atomic E-state index is -1.05. The molecular formula is C14H15F2NO3. The van der Waals surface area contributed by atoms with Gasteiger partial charge in [-0.25, -0.2) is 8.78 Å². The van der Waals surface area contributed by atoms with Gasteiger partial charge in [-0.2, -0.15) is 0 Å². The standard InChI is InChI=1S/C14H15F2NO3/c1-7-5-8(9(6-7)14(19)20)13(18)17-12-10(15)3-2-4-11(12)16/h2-4,7-9H,5-6H2,1H3,(H,17,18)(H,19,20). The Balaban J connectivity index is 2.18. The average molecular weight is 283 g/mol. The summed E-state index contributed by atoms with van der Waals surface area (Å²) in [6.07, 6.45) is 0.798. The molecule has 1 amide bonds. The number of hydrogen-bond donors (Lipinski definition) is 2. The van der Waals surface area contributed by atoms with Crippen LogP contribution in [0, 0.1) is 29.4 Å². The third-order valence-electron chi connectivity index (χ3n) is 3.66. The Labute approximate surface area is 114 Å². The Morgan fingerprint density at radius 2 is 1.75 bits per heavy atom. The smallest absolute Gasteiger partial charge is 0.307 e. The second kappa shape index (κ2) is 5.56. The highest BCUT2D eigenvalue weighted by Gasteiger charge is 2.41. The van der Waals surface area contributed by atoms with Gasteiger partial charge in [0.2, 0.25) is 5.91 Å². The predicted octanol–water partition coefficient (Wildman–Crippen LogP) is 2.65. The molecule has 108 valence electrons. The highest BCUT2D eigenvalue weighted by molar-refractivity contribution is 5.95. The summed E-state index contributed by atoms with van der Waals surface area (Å²) in [6, 6.07) is 3.26. The molecule has 3 atom stereocenters. The normalized spacial score (nSPS) is 25.4. The molecule has 1 aromatic rings. The number of amides is 1. The number of carbonyl (C=O) groups is 2. The highest BCUT2D eigenvalue weighted by Crippen LogP contribution is 2.37. The Hall–Kier alpha value is -1.98. The fourth-order valence-electron chi connectivity index (χ4n) is 2.69. The maximum absolute atomic E-state index is 13.5. The van der Waals surface area contributed by atoms with Crippen LogP contribution in [0.5, 0.6) is 0 Å². The van der Waals surface area contributed by atoms with E-state index in [4.69, 9.17) is 5.11 Å². The summed E-state index contributed by atoms with van der Waals surface area (Å²) in [5.74, 6) is -4.93. The van der Waals surface area contributed by atoms with Crippen molar-refractivity contribution in [3.63, 3.8) is 0 Å². The van der Waals surface area contributed by atoms with Gasteiger partial charge in [-0.05, 0) is 30.9 Å². The lowest BCUT2D eigenvalue weighted by Crippen LogP contribution is -2.30. The van der Waals surface area contributed by atoms with E-state index in [2.05, 4.69) is 5.32 Å². The number of nitrogens with one attached hydrogen (secondary N) is 1. The number of hydrogen-bond acceptors (Lipinski definition) is 2. The van der Waals surface area contributed by atoms with Crippen molar-refractivity contribution < 1.29 is 23.5 Å². The number of aliphatic carboxylic acids is 1. The zero-order valence-corrected chi connectivity index (χ0v) is 10.9. The SMILES string of the molecule is CC1CC(C(=O)O)C(C(=O)Nc2c(F)cccc2F)C1. The minimum Gasteiger partial charge on any atom is -0.481 e. The summed E-state index contributed by atoms with van der Waals surface area (Å²) in [7, 11) is 0. The van der Waals surface area contributed by atoms with Gasteiger partial charge in [-0.15, -0.1) is 0 Å². The first-order valence-corrected chi connectivity index (χ1v) is 6.37. The van der Waals surface area contributed by atoms with E-state index < -0.39 is 41.0 Å². The zero-order chi connectivity index (χ0) is 14.9. The molecule has 6 heteroatoms. The number of rotatable bonds is 3. The maximum Gasteiger partial charge on any atom is 0.307 e. The number of anilines is 1. The zero-order valence-electron chi connectivity index (χ0n) is 10.9. The van der Waals surface area contributed by atoms with E-state index in [0.29, 0.717) is 12.8 Å². The Kier molecular flexibility index (Phi) is 4.01. The van der Waals surface area contributed by atoms with Crippen LogP contribution in [-0.4, -0.2) is 17.0 Å². The molecule has 2 N–H and O–H groups in total. The lowest BCUT2D eigenvalue weighted by Gasteiger charge is -2.16. The van der Waals surface area contributed by atoms with E-state index in [0.717, 1.165) is 12.1 Å². The molecule has 0 spiro atoms. The molecule has 1 aliphatic rings. The van der Waals surface area contributed by atoms with Gasteiger partial charge >= 0.3 is 5.97 Å². The largest absolute Gasteiger partial charge is 0.481 e. The fraction of sp³-hybridized carbons (Fsp3) is 0.429. The van der Waals surface area contributed by atoms with Crippen LogP contribution >= 0.6 is 0 Å². The molecule has 1 fully saturated rings. The second-order valence-electron chi connectivity index (χ2n) is 5.21. The second-order valence-corrected chi connectivity index (χ2v) is 5.21. The van der Waals surface area contributed by atoms with Crippen LogP contribution < -0.4 is 5.32 Å². The van der Waals surface area contributed by atoms with E-state index in [-0.39, 0.29) is 5.92 Å². The van der Waals surface area contributed by atoms with Gasteiger partial charge in [0.25, 0.3) is 0 Å². The summed E-state index contributed by atoms with van der Waals surface area (Å²) in [5, 5.41) is 11.3. The molecule has 0 heterocycles. The molecule has 0 saturated heterocycles. The number of carbonyl (C=O) groups excluding carboxylic acids is 1. The first kappa shape index (κ1) is 14.4. The minimum absolute atomic E-state index is 0.0947. The number of para-hydroxylation sites is 1. The molecule has 2 rings (SSSR count). The molecule has 20 heavy (non-hydrogen) atoms. The summed E-state index contributed by atoms with van der Waals surface area (Å²) in [6.45, 7) is 1.85. The van der Waals surface area contributed by atoms with Crippen molar-refractivity contribution in [1.82, 2.24) is 0 Å². The fourth-order valence-corrected chi connectivity index (χ4v) is 2.69. The van der Waals surface area contributed by atoms with Crippen LogP contribution in [0.2, 0.25) is 0 Å². The van der Waals surface area contributed by atoms with Crippen molar-refractivity contribution in [1.29, 1.82) is 0 Å². The van der Waals surface area contributed by atoms with Gasteiger partial charge in [0.1, 0.15) is 17.3 Å². The molecule has 1 aromatic carbocycles. The van der Waals surface area contributed by atoms with Crippen molar-refractivity contribution in [2.75, 3.05) is 5.32 Å². The number of carboxylic acids is 1. The molecule has 1 saturated carbocycles. The summed E-state index contributed by atoms with van der Waals surface area (Å²) in [4.78, 5) is 23.2. The van der Waals surface area contributed by atoms with Crippen molar-refractivity contribution in [3.8, 4) is 0 Å². The van der Waals surface area contributed by atoms with Crippen LogP contribution in [-0.2, 0) is 9.59 Å². The first-order chi connectivity index (χ1) is 9.40. The van der Waals surface area contributed by atoms with Gasteiger partial charge in [0.05, 0.1) is 11.8 Å². The van der Waals surface area contributed by atoms with Gasteiger partial charge in [-0.3, -0.25) is 9.59 Å². The van der Waals surface area contributed by atoms with Gasteiger partial charge in [-0.1, -0.05) is 13.0 Å². The summed E-state index contributed by atoms with van der Waals surface area (Å²) >= 11 is 0. The Bertz CT molecular complexity index is 527. The van der Waals surface area contributed by atoms with Crippen molar-refractivity contribution in [2.24, 2.45) is 17.8 Å². The van der Waals surface area contributed by atoms with Crippen molar-refractivity contribution >= 4 is 17.6 Å². The Morgan fingerprint density at radius 3 is 2.30 bits per heavy atom. The van der Waals surface area contributed by atoms with E-state index in [1.807, 2.05) is 6.92 Å². The van der Waals surface area contributed by atoms with Crippen LogP contribution in [0.15, 0.2) is 18.2 Å². The molecule has 3 unspecified atom stereocenters. The summed E-state index contributed by atoms with van der Waals surface area (Å²) < 4.78 is 26.9. The van der Waals surface area contributed by atoms with Gasteiger partial charge < -0.3 is 10.4 Å². The highest BCUT2D eigenvalue weighted by atomic mass is 19.1. The summed E-state index contributed by atoms with van der Waals surface area (Å²) in [5.41, 5.74) is -0.527. The molecule has 4 nitrogen and oxygen atoms in total. The van der Waals surface area contributed by atoms with E-state index >= 15 is 0 Å². The van der Waals surface area contributed by atoms with Crippen LogP contribution in [0.25, 0.3) is 0 Å². The van der Waals surface area contributed by atoms with Crippen molar-refractivity contribution in [2.45, 2.75) is 19.8 Å². The monoisotopic (exact) mass is 283 g/mol. The predicted molar refractivity (Wildman–Crippen MR) is 68.0 cm³/mol. The first-order valence-electron chi connectivity index (χ1n) is 6.37. The third kappa shape index (κ3) is 2.79. The number of benzene rings is 1. The molecule has 0 aliphatic heterocycles. The molecular weight excluding hydrogens is 268 g/mol. The number of halogens is 2. The van der Waals surface area contributed by atoms with Crippen LogP contribution in [0.1, 0.15) is 19.8 Å². The lowest BCUT2D eigenvalue weighted by molar-refractivity contribution is -0.145. The van der Waals surface area contributed by atoms with Crippen LogP contribution in [0.3, 0.4) is 0 Å². The number of carboxylic acid groups (broad SMARTS) is 1. The topological polar surface area (TPSA) is 66.4 Å². The third-order valence-corrected chi connectivity index (χ3v) is 3.66. The van der Waals surface area contributed by atoms with Gasteiger partial charge in [0.15, 0.2) is 0 Å². The molecule has 0 aromatic heterocycles. The van der Waals surface area contributed by atoms with Gasteiger partial charge in [0, 0.05) is 0 Å². The van der Waals surface area contributed by atoms with Crippen LogP contribution in [0.4, 0.5) is 14.5 Å².